The van der Waals surface area contributed by atoms with Crippen LogP contribution < -0.4 is 5.84 Å². The topological polar surface area (TPSA) is 54.0 Å². The molecular formula is C4H12N4. The molecule has 2 N–H and O–H groups in total. The molecule has 0 aromatic heterocycles. The summed E-state index contributed by atoms with van der Waals surface area (Å²) in [4.78, 5) is 0. The minimum Gasteiger partial charge on any atom is -0.230 e. The van der Waals surface area contributed by atoms with Crippen LogP contribution in [0.2, 0.25) is 0 Å². The predicted octanol–water partition coefficient (Wildman–Crippen LogP) is 0.567. The number of hydrogen-bond donors (Lipinski definition) is 1. The monoisotopic (exact) mass is 116 g/mol. The second-order valence-electron chi connectivity index (χ2n) is 1.76. The molecule has 4 heteroatoms. The molecule has 0 spiro atoms. The van der Waals surface area contributed by atoms with E-state index in [1.165, 1.54) is 5.12 Å². The Kier molecular flexibility index (Phi) is 3.10. The van der Waals surface area contributed by atoms with E-state index in [9.17, 15) is 0 Å². The highest BCUT2D eigenvalue weighted by atomic mass is 15.7. The van der Waals surface area contributed by atoms with E-state index in [2.05, 4.69) is 10.3 Å². The fourth-order valence-corrected chi connectivity index (χ4v) is 0.207. The maximum Gasteiger partial charge on any atom is 0.0601 e. The van der Waals surface area contributed by atoms with Gasteiger partial charge in [-0.1, -0.05) is 5.22 Å². The van der Waals surface area contributed by atoms with Crippen LogP contribution in [0.1, 0.15) is 13.8 Å². The maximum absolute atomic E-state index is 5.30. The van der Waals surface area contributed by atoms with Gasteiger partial charge in [0, 0.05) is 0 Å². The maximum atomic E-state index is 5.30. The van der Waals surface area contributed by atoms with Crippen LogP contribution in [0, 0.1) is 0 Å². The standard InChI is InChI=1S/C4H12N4/c1-4(2)8(5)7-6-3/h4H,5H2,1-3H3. The summed E-state index contributed by atoms with van der Waals surface area (Å²) in [5, 5.41) is 8.35. The third-order valence-electron chi connectivity index (χ3n) is 0.722. The largest absolute Gasteiger partial charge is 0.230 e. The first-order chi connectivity index (χ1) is 3.68. The molecule has 0 atom stereocenters. The fourth-order valence-electron chi connectivity index (χ4n) is 0.207. The molecule has 8 heavy (non-hydrogen) atoms. The molecule has 0 fully saturated rings. The van der Waals surface area contributed by atoms with Crippen LogP contribution in [0.15, 0.2) is 10.3 Å². The number of rotatable bonds is 2. The molecule has 0 aromatic rings. The van der Waals surface area contributed by atoms with E-state index in [0.29, 0.717) is 0 Å². The van der Waals surface area contributed by atoms with Crippen molar-refractivity contribution in [1.29, 1.82) is 0 Å². The van der Waals surface area contributed by atoms with Gasteiger partial charge in [0.2, 0.25) is 0 Å². The summed E-state index contributed by atoms with van der Waals surface area (Å²) in [6.45, 7) is 3.88. The van der Waals surface area contributed by atoms with Crippen molar-refractivity contribution >= 4 is 0 Å². The van der Waals surface area contributed by atoms with Gasteiger partial charge in [-0.15, -0.1) is 0 Å². The Hall–Kier alpha value is -0.640. The number of hydrazine groups is 1. The molecule has 0 aliphatic rings. The summed E-state index contributed by atoms with van der Waals surface area (Å²) in [7, 11) is 1.59. The molecule has 0 amide bonds. The smallest absolute Gasteiger partial charge is 0.0601 e. The molecule has 0 bridgehead atoms. The van der Waals surface area contributed by atoms with Gasteiger partial charge < -0.3 is 0 Å². The minimum absolute atomic E-state index is 0.221. The molecule has 0 aliphatic heterocycles. The predicted molar refractivity (Wildman–Crippen MR) is 31.9 cm³/mol. The lowest BCUT2D eigenvalue weighted by Gasteiger charge is -2.13. The van der Waals surface area contributed by atoms with Crippen molar-refractivity contribution in [3.63, 3.8) is 0 Å². The molecule has 0 aliphatic carbocycles. The van der Waals surface area contributed by atoms with E-state index in [1.54, 1.807) is 7.05 Å². The first-order valence-electron chi connectivity index (χ1n) is 2.52. The van der Waals surface area contributed by atoms with Gasteiger partial charge in [-0.3, -0.25) is 0 Å². The van der Waals surface area contributed by atoms with Crippen molar-refractivity contribution in [3.05, 3.63) is 0 Å². The Morgan fingerprint density at radius 3 is 2.12 bits per heavy atom. The molecule has 0 unspecified atom stereocenters. The van der Waals surface area contributed by atoms with Gasteiger partial charge in [0.25, 0.3) is 0 Å². The van der Waals surface area contributed by atoms with Gasteiger partial charge in [-0.2, -0.15) is 5.11 Å². The summed E-state index contributed by atoms with van der Waals surface area (Å²) < 4.78 is 0. The highest BCUT2D eigenvalue weighted by Crippen LogP contribution is 1.88. The molecule has 48 valence electrons. The molecule has 0 heterocycles. The third-order valence-corrected chi connectivity index (χ3v) is 0.722. The van der Waals surface area contributed by atoms with Gasteiger partial charge in [-0.05, 0) is 13.8 Å². The van der Waals surface area contributed by atoms with Crippen LogP contribution in [0.3, 0.4) is 0 Å². The third kappa shape index (κ3) is 2.52. The number of nitrogens with two attached hydrogens (primary N) is 1. The van der Waals surface area contributed by atoms with Crippen molar-refractivity contribution in [2.75, 3.05) is 7.05 Å². The van der Waals surface area contributed by atoms with Gasteiger partial charge in [-0.25, -0.2) is 11.0 Å². The highest BCUT2D eigenvalue weighted by Gasteiger charge is 1.96. The molecule has 0 radical (unpaired) electrons. The number of nitrogens with zero attached hydrogens (tertiary/aromatic N) is 3. The zero-order chi connectivity index (χ0) is 6.57. The average molecular weight is 116 g/mol. The summed E-state index contributed by atoms with van der Waals surface area (Å²) in [6, 6.07) is 0.221. The van der Waals surface area contributed by atoms with Crippen LogP contribution in [0.5, 0.6) is 0 Å². The average Bonchev–Trinajstić information content (AvgIpc) is 1.67. The molecule has 4 nitrogen and oxygen atoms in total. The Labute approximate surface area is 49.3 Å². The molecule has 0 aromatic carbocycles. The number of hydrogen-bond acceptors (Lipinski definition) is 3. The lowest BCUT2D eigenvalue weighted by atomic mass is 10.4. The lowest BCUT2D eigenvalue weighted by molar-refractivity contribution is 0.221. The summed E-state index contributed by atoms with van der Waals surface area (Å²) in [6.07, 6.45) is 0. The summed E-state index contributed by atoms with van der Waals surface area (Å²) >= 11 is 0. The second kappa shape index (κ2) is 3.37. The SMILES string of the molecule is CN=NN(N)C(C)C. The van der Waals surface area contributed by atoms with E-state index >= 15 is 0 Å². The summed E-state index contributed by atoms with van der Waals surface area (Å²) in [5.41, 5.74) is 0. The zero-order valence-corrected chi connectivity index (χ0v) is 5.50. The van der Waals surface area contributed by atoms with Crippen LogP contribution in [0.25, 0.3) is 0 Å². The van der Waals surface area contributed by atoms with Crippen molar-refractivity contribution in [2.45, 2.75) is 19.9 Å². The Bertz CT molecular complexity index is 78.1. The van der Waals surface area contributed by atoms with Crippen LogP contribution in [-0.4, -0.2) is 18.2 Å². The lowest BCUT2D eigenvalue weighted by Crippen LogP contribution is -2.31. The van der Waals surface area contributed by atoms with Crippen LogP contribution >= 0.6 is 0 Å². The first-order valence-corrected chi connectivity index (χ1v) is 2.52. The van der Waals surface area contributed by atoms with Crippen molar-refractivity contribution < 1.29 is 0 Å². The fraction of sp³-hybridized carbons (Fsp3) is 1.00. The molecule has 0 saturated heterocycles. The highest BCUT2D eigenvalue weighted by molar-refractivity contribution is 4.43. The molecule has 0 rings (SSSR count). The van der Waals surface area contributed by atoms with E-state index in [-0.39, 0.29) is 6.04 Å². The van der Waals surface area contributed by atoms with E-state index in [0.717, 1.165) is 0 Å². The Balaban J connectivity index is 3.47. The molecule has 0 saturated carbocycles. The zero-order valence-electron chi connectivity index (χ0n) is 5.50. The van der Waals surface area contributed by atoms with Crippen molar-refractivity contribution in [1.82, 2.24) is 5.12 Å². The minimum atomic E-state index is 0.221. The van der Waals surface area contributed by atoms with Crippen LogP contribution in [0.4, 0.5) is 0 Å². The van der Waals surface area contributed by atoms with Gasteiger partial charge >= 0.3 is 0 Å². The van der Waals surface area contributed by atoms with E-state index in [1.807, 2.05) is 13.8 Å². The van der Waals surface area contributed by atoms with E-state index < -0.39 is 0 Å². The normalized spacial score (nSPS) is 11.1. The molecular weight excluding hydrogens is 104 g/mol. The van der Waals surface area contributed by atoms with Crippen molar-refractivity contribution in [2.24, 2.45) is 16.2 Å². The van der Waals surface area contributed by atoms with Gasteiger partial charge in [0.1, 0.15) is 0 Å². The van der Waals surface area contributed by atoms with Crippen molar-refractivity contribution in [3.8, 4) is 0 Å². The van der Waals surface area contributed by atoms with Gasteiger partial charge in [0.05, 0.1) is 13.1 Å². The quantitative estimate of drug-likeness (QED) is 0.326. The van der Waals surface area contributed by atoms with Gasteiger partial charge in [0.15, 0.2) is 0 Å². The Morgan fingerprint density at radius 1 is 1.50 bits per heavy atom. The second-order valence-corrected chi connectivity index (χ2v) is 1.76. The van der Waals surface area contributed by atoms with Crippen LogP contribution in [-0.2, 0) is 0 Å². The first kappa shape index (κ1) is 7.36. The van der Waals surface area contributed by atoms with E-state index in [4.69, 9.17) is 5.84 Å². The summed E-state index contributed by atoms with van der Waals surface area (Å²) in [5.74, 6) is 5.30. The Morgan fingerprint density at radius 2 is 2.00 bits per heavy atom.